The third-order valence-electron chi connectivity index (χ3n) is 9.65. The summed E-state index contributed by atoms with van der Waals surface area (Å²) in [6, 6.07) is 5.77. The van der Waals surface area contributed by atoms with Crippen LogP contribution in [0.25, 0.3) is 0 Å². The van der Waals surface area contributed by atoms with E-state index in [9.17, 15) is 23.4 Å². The molecular formula is C28H39F3O3. The zero-order valence-electron chi connectivity index (χ0n) is 20.4. The Morgan fingerprint density at radius 1 is 1.09 bits per heavy atom. The Bertz CT molecular complexity index is 909. The third kappa shape index (κ3) is 4.41. The zero-order chi connectivity index (χ0) is 24.8. The molecule has 6 atom stereocenters. The first-order chi connectivity index (χ1) is 15.9. The van der Waals surface area contributed by atoms with Gasteiger partial charge < -0.3 is 15.3 Å². The number of fused-ring (bicyclic) bond motifs is 5. The summed E-state index contributed by atoms with van der Waals surface area (Å²) in [5.74, 6) is 1.03. The predicted octanol–water partition coefficient (Wildman–Crippen LogP) is 6.80. The number of benzene rings is 1. The molecule has 0 aliphatic heterocycles. The van der Waals surface area contributed by atoms with Gasteiger partial charge in [-0.15, -0.1) is 0 Å². The summed E-state index contributed by atoms with van der Waals surface area (Å²) >= 11 is 0. The van der Waals surface area contributed by atoms with Crippen molar-refractivity contribution in [3.8, 4) is 5.75 Å². The van der Waals surface area contributed by atoms with Crippen molar-refractivity contribution in [2.24, 2.45) is 16.7 Å². The number of rotatable bonds is 7. The van der Waals surface area contributed by atoms with Crippen molar-refractivity contribution in [1.29, 1.82) is 0 Å². The number of aliphatic hydroxyl groups excluding tert-OH is 1. The van der Waals surface area contributed by atoms with Crippen LogP contribution in [0.4, 0.5) is 13.2 Å². The van der Waals surface area contributed by atoms with Crippen LogP contribution in [0.2, 0.25) is 0 Å². The minimum atomic E-state index is -4.53. The number of unbranched alkanes of at least 4 members (excludes halogenated alkanes) is 3. The van der Waals surface area contributed by atoms with E-state index in [1.165, 1.54) is 11.1 Å². The van der Waals surface area contributed by atoms with Crippen LogP contribution < -0.4 is 0 Å². The average molecular weight is 481 g/mol. The van der Waals surface area contributed by atoms with E-state index in [0.29, 0.717) is 30.4 Å². The van der Waals surface area contributed by atoms with Gasteiger partial charge in [0.1, 0.15) is 11.9 Å². The van der Waals surface area contributed by atoms with Crippen molar-refractivity contribution >= 4 is 0 Å². The van der Waals surface area contributed by atoms with Crippen LogP contribution in [-0.4, -0.2) is 33.2 Å². The maximum Gasteiger partial charge on any atom is 0.414 e. The Hall–Kier alpha value is -1.53. The van der Waals surface area contributed by atoms with E-state index in [-0.39, 0.29) is 17.3 Å². The van der Waals surface area contributed by atoms with Gasteiger partial charge in [0.05, 0.1) is 5.60 Å². The van der Waals surface area contributed by atoms with E-state index in [4.69, 9.17) is 5.11 Å². The molecule has 0 aromatic heterocycles. The van der Waals surface area contributed by atoms with Crippen LogP contribution in [0.15, 0.2) is 30.4 Å². The molecule has 0 saturated heterocycles. The summed E-state index contributed by atoms with van der Waals surface area (Å²) in [6.45, 7) is 4.25. The predicted molar refractivity (Wildman–Crippen MR) is 127 cm³/mol. The lowest BCUT2D eigenvalue weighted by Gasteiger charge is -2.59. The highest BCUT2D eigenvalue weighted by molar-refractivity contribution is 5.43. The number of hydrogen-bond acceptors (Lipinski definition) is 3. The number of hydrogen-bond donors (Lipinski definition) is 3. The van der Waals surface area contributed by atoms with Gasteiger partial charge in [0.25, 0.3) is 0 Å². The number of aryl methyl sites for hydroxylation is 1. The lowest BCUT2D eigenvalue weighted by molar-refractivity contribution is -0.205. The molecule has 3 aliphatic rings. The molecule has 4 rings (SSSR count). The van der Waals surface area contributed by atoms with Gasteiger partial charge in [-0.2, -0.15) is 13.2 Å². The summed E-state index contributed by atoms with van der Waals surface area (Å²) < 4.78 is 37.4. The molecule has 1 aromatic rings. The fourth-order valence-corrected chi connectivity index (χ4v) is 7.52. The highest BCUT2D eigenvalue weighted by Crippen LogP contribution is 2.70. The maximum absolute atomic E-state index is 12.5. The monoisotopic (exact) mass is 480 g/mol. The van der Waals surface area contributed by atoms with Crippen molar-refractivity contribution in [3.63, 3.8) is 0 Å². The van der Waals surface area contributed by atoms with Crippen LogP contribution in [-0.2, 0) is 6.42 Å². The molecule has 2 saturated carbocycles. The van der Waals surface area contributed by atoms with Crippen molar-refractivity contribution in [2.45, 2.75) is 108 Å². The largest absolute Gasteiger partial charge is 0.508 e. The molecule has 34 heavy (non-hydrogen) atoms. The topological polar surface area (TPSA) is 60.7 Å². The number of phenols is 1. The average Bonchev–Trinajstić information content (AvgIpc) is 3.01. The van der Waals surface area contributed by atoms with Gasteiger partial charge in [0, 0.05) is 0 Å². The molecule has 3 aliphatic carbocycles. The lowest BCUT2D eigenvalue weighted by Crippen LogP contribution is -2.54. The van der Waals surface area contributed by atoms with Crippen LogP contribution in [0.1, 0.15) is 95.1 Å². The maximum atomic E-state index is 12.5. The van der Waals surface area contributed by atoms with Crippen molar-refractivity contribution in [1.82, 2.24) is 0 Å². The number of alkyl halides is 3. The van der Waals surface area contributed by atoms with Gasteiger partial charge in [-0.3, -0.25) is 0 Å². The van der Waals surface area contributed by atoms with Gasteiger partial charge in [0.2, 0.25) is 0 Å². The van der Waals surface area contributed by atoms with E-state index < -0.39 is 17.9 Å². The molecule has 3 nitrogen and oxygen atoms in total. The van der Waals surface area contributed by atoms with E-state index in [2.05, 4.69) is 25.1 Å². The molecule has 0 amide bonds. The Morgan fingerprint density at radius 2 is 1.85 bits per heavy atom. The first kappa shape index (κ1) is 25.6. The van der Waals surface area contributed by atoms with Crippen molar-refractivity contribution in [3.05, 3.63) is 41.5 Å². The second-order valence-corrected chi connectivity index (χ2v) is 11.5. The molecule has 0 heterocycles. The molecular weight excluding hydrogens is 441 g/mol. The van der Waals surface area contributed by atoms with Crippen molar-refractivity contribution in [2.75, 3.05) is 0 Å². The van der Waals surface area contributed by atoms with E-state index in [1.54, 1.807) is 6.07 Å². The number of halogens is 3. The van der Waals surface area contributed by atoms with Crippen LogP contribution in [0.3, 0.4) is 0 Å². The molecule has 0 radical (unpaired) electrons. The normalized spacial score (nSPS) is 36.2. The Morgan fingerprint density at radius 3 is 2.59 bits per heavy atom. The van der Waals surface area contributed by atoms with Gasteiger partial charge in [-0.25, -0.2) is 0 Å². The van der Waals surface area contributed by atoms with Gasteiger partial charge in [-0.05, 0) is 111 Å². The second kappa shape index (κ2) is 9.16. The molecule has 0 bridgehead atoms. The standard InChI is InChI=1S/C28H39F3O3/c1-25-15-12-22-21-10-9-20(32)18-19(21)11-17-27(22,23(25)13-16-26(25,2)34)14-7-5-3-4-6-8-24(33)28(29,30)31/h7,9-10,14,18,22-24,32-34H,3-6,8,11-13,15-17H2,1-2H3/t22-,23-,24-,25+,26+,27?/m1/s1. The Labute approximate surface area is 201 Å². The van der Waals surface area contributed by atoms with Crippen LogP contribution >= 0.6 is 0 Å². The van der Waals surface area contributed by atoms with Crippen molar-refractivity contribution < 1.29 is 28.5 Å². The van der Waals surface area contributed by atoms with Gasteiger partial charge in [-0.1, -0.05) is 38.0 Å². The lowest BCUT2D eigenvalue weighted by atomic mass is 9.46. The quantitative estimate of drug-likeness (QED) is 0.297. The van der Waals surface area contributed by atoms with E-state index >= 15 is 0 Å². The fourth-order valence-electron chi connectivity index (χ4n) is 7.52. The smallest absolute Gasteiger partial charge is 0.414 e. The molecule has 6 heteroatoms. The number of allylic oxidation sites excluding steroid dienone is 2. The zero-order valence-corrected chi connectivity index (χ0v) is 20.4. The minimum absolute atomic E-state index is 0.0516. The van der Waals surface area contributed by atoms with Crippen LogP contribution in [0.5, 0.6) is 5.75 Å². The summed E-state index contributed by atoms with van der Waals surface area (Å²) in [7, 11) is 0. The molecule has 190 valence electrons. The highest BCUT2D eigenvalue weighted by atomic mass is 19.4. The molecule has 2 fully saturated rings. The molecule has 1 unspecified atom stereocenters. The SMILES string of the molecule is C[C@]1(O)CC[C@H]2C3(C=CCCCCC[C@@H](O)C(F)(F)F)CCc4cc(O)ccc4[C@H]3CC[C@@]21C. The Balaban J connectivity index is 1.50. The van der Waals surface area contributed by atoms with E-state index in [1.807, 2.05) is 13.0 Å². The highest BCUT2D eigenvalue weighted by Gasteiger charge is 2.64. The first-order valence-corrected chi connectivity index (χ1v) is 12.9. The molecule has 3 N–H and O–H groups in total. The second-order valence-electron chi connectivity index (χ2n) is 11.5. The fraction of sp³-hybridized carbons (Fsp3) is 0.714. The molecule has 0 spiro atoms. The first-order valence-electron chi connectivity index (χ1n) is 12.9. The summed E-state index contributed by atoms with van der Waals surface area (Å²) in [5, 5.41) is 30.5. The van der Waals surface area contributed by atoms with Gasteiger partial charge >= 0.3 is 6.18 Å². The van der Waals surface area contributed by atoms with Gasteiger partial charge in [0.15, 0.2) is 0 Å². The van der Waals surface area contributed by atoms with E-state index in [0.717, 1.165) is 51.4 Å². The third-order valence-corrected chi connectivity index (χ3v) is 9.65. The number of phenolic OH excluding ortho intramolecular Hbond substituents is 1. The number of aliphatic hydroxyl groups is 2. The van der Waals surface area contributed by atoms with Crippen LogP contribution in [0, 0.1) is 16.7 Å². The number of aromatic hydroxyl groups is 1. The Kier molecular flexibility index (Phi) is 6.89. The summed E-state index contributed by atoms with van der Waals surface area (Å²) in [4.78, 5) is 0. The summed E-state index contributed by atoms with van der Waals surface area (Å²) in [5.41, 5.74) is 1.67. The molecule has 1 aromatic carbocycles. The summed E-state index contributed by atoms with van der Waals surface area (Å²) in [6.07, 6.45) is 5.91. The minimum Gasteiger partial charge on any atom is -0.508 e.